The van der Waals surface area contributed by atoms with Gasteiger partial charge in [0.05, 0.1) is 12.3 Å². The molecule has 0 aliphatic heterocycles. The van der Waals surface area contributed by atoms with E-state index in [1.807, 2.05) is 31.2 Å². The number of benzene rings is 2. The summed E-state index contributed by atoms with van der Waals surface area (Å²) in [4.78, 5) is 24.2. The number of aryl methyl sites for hydroxylation is 1. The van der Waals surface area contributed by atoms with Crippen molar-refractivity contribution < 1.29 is 9.53 Å². The second-order valence-electron chi connectivity index (χ2n) is 6.40. The van der Waals surface area contributed by atoms with Gasteiger partial charge in [0.2, 0.25) is 5.91 Å². The average Bonchev–Trinajstić information content (AvgIpc) is 2.72. The van der Waals surface area contributed by atoms with Crippen molar-refractivity contribution in [3.05, 3.63) is 76.0 Å². The molecule has 0 fully saturated rings. The number of anilines is 1. The maximum atomic E-state index is 12.2. The number of rotatable bonds is 8. The molecule has 0 spiro atoms. The molecule has 150 valence electrons. The highest BCUT2D eigenvalue weighted by Gasteiger charge is 2.06. The Balaban J connectivity index is 1.55. The smallest absolute Gasteiger partial charge is 0.266 e. The van der Waals surface area contributed by atoms with Crippen LogP contribution in [0.4, 0.5) is 5.69 Å². The zero-order valence-corrected chi connectivity index (χ0v) is 16.9. The molecule has 0 saturated heterocycles. The van der Waals surface area contributed by atoms with Crippen LogP contribution in [0.3, 0.4) is 0 Å². The monoisotopic (exact) mass is 411 g/mol. The fourth-order valence-electron chi connectivity index (χ4n) is 2.80. The Morgan fingerprint density at radius 2 is 1.79 bits per heavy atom. The molecule has 29 heavy (non-hydrogen) atoms. The van der Waals surface area contributed by atoms with Crippen LogP contribution in [0.15, 0.2) is 65.5 Å². The first-order valence-corrected chi connectivity index (χ1v) is 9.80. The fourth-order valence-corrected chi connectivity index (χ4v) is 2.92. The summed E-state index contributed by atoms with van der Waals surface area (Å²) in [5.41, 5.74) is 2.06. The van der Waals surface area contributed by atoms with E-state index in [4.69, 9.17) is 16.3 Å². The molecule has 3 rings (SSSR count). The molecular formula is C22H22ClN3O3. The first-order valence-electron chi connectivity index (χ1n) is 9.42. The third-order valence-electron chi connectivity index (χ3n) is 4.23. The number of amides is 1. The van der Waals surface area contributed by atoms with Crippen molar-refractivity contribution in [1.82, 2.24) is 9.78 Å². The predicted octanol–water partition coefficient (Wildman–Crippen LogP) is 4.38. The standard InChI is InChI=1S/C22H22ClN3O3/c1-2-29-19-11-9-18(10-12-19)24-21(27)4-3-15-26-22(28)14-13-20(25-26)16-5-7-17(23)8-6-16/h5-14H,2-4,15H2,1H3,(H,24,27). The van der Waals surface area contributed by atoms with E-state index in [0.29, 0.717) is 36.0 Å². The molecule has 0 aliphatic rings. The van der Waals surface area contributed by atoms with E-state index < -0.39 is 0 Å². The molecule has 3 aromatic rings. The molecule has 0 bridgehead atoms. The number of nitrogens with zero attached hydrogens (tertiary/aromatic N) is 2. The normalized spacial score (nSPS) is 10.6. The Kier molecular flexibility index (Phi) is 7.03. The topological polar surface area (TPSA) is 73.2 Å². The SMILES string of the molecule is CCOc1ccc(NC(=O)CCCn2nc(-c3ccc(Cl)cc3)ccc2=O)cc1. The van der Waals surface area contributed by atoms with Gasteiger partial charge in [-0.1, -0.05) is 23.7 Å². The molecule has 0 unspecified atom stereocenters. The fraction of sp³-hybridized carbons (Fsp3) is 0.227. The third kappa shape index (κ3) is 5.93. The molecule has 1 heterocycles. The van der Waals surface area contributed by atoms with E-state index in [1.165, 1.54) is 10.7 Å². The molecule has 2 aromatic carbocycles. The molecule has 0 aliphatic carbocycles. The van der Waals surface area contributed by atoms with Crippen LogP contribution in [0.2, 0.25) is 5.02 Å². The Morgan fingerprint density at radius 3 is 2.48 bits per heavy atom. The van der Waals surface area contributed by atoms with Gasteiger partial charge >= 0.3 is 0 Å². The highest BCUT2D eigenvalue weighted by molar-refractivity contribution is 6.30. The lowest BCUT2D eigenvalue weighted by molar-refractivity contribution is -0.116. The summed E-state index contributed by atoms with van der Waals surface area (Å²) in [5.74, 6) is 0.646. The lowest BCUT2D eigenvalue weighted by Crippen LogP contribution is -2.23. The molecule has 0 atom stereocenters. The van der Waals surface area contributed by atoms with Crippen LogP contribution >= 0.6 is 11.6 Å². The molecular weight excluding hydrogens is 390 g/mol. The van der Waals surface area contributed by atoms with Gasteiger partial charge in [-0.25, -0.2) is 4.68 Å². The lowest BCUT2D eigenvalue weighted by atomic mass is 10.1. The maximum Gasteiger partial charge on any atom is 0.266 e. The molecule has 1 N–H and O–H groups in total. The lowest BCUT2D eigenvalue weighted by Gasteiger charge is -2.09. The summed E-state index contributed by atoms with van der Waals surface area (Å²) in [6, 6.07) is 17.6. The Hall–Kier alpha value is -3.12. The highest BCUT2D eigenvalue weighted by Crippen LogP contribution is 2.19. The van der Waals surface area contributed by atoms with Gasteiger partial charge in [-0.3, -0.25) is 9.59 Å². The minimum absolute atomic E-state index is 0.115. The van der Waals surface area contributed by atoms with Crippen LogP contribution in [-0.2, 0) is 11.3 Å². The average molecular weight is 412 g/mol. The summed E-state index contributed by atoms with van der Waals surface area (Å²) in [5, 5.41) is 7.87. The van der Waals surface area contributed by atoms with E-state index in [0.717, 1.165) is 11.3 Å². The summed E-state index contributed by atoms with van der Waals surface area (Å²) in [6.07, 6.45) is 0.784. The van der Waals surface area contributed by atoms with Gasteiger partial charge in [0.1, 0.15) is 5.75 Å². The second-order valence-corrected chi connectivity index (χ2v) is 6.83. The van der Waals surface area contributed by atoms with E-state index in [9.17, 15) is 9.59 Å². The first kappa shape index (κ1) is 20.6. The van der Waals surface area contributed by atoms with E-state index in [-0.39, 0.29) is 17.9 Å². The number of halogens is 1. The summed E-state index contributed by atoms with van der Waals surface area (Å²) in [7, 11) is 0. The number of hydrogen-bond acceptors (Lipinski definition) is 4. The third-order valence-corrected chi connectivity index (χ3v) is 4.48. The Morgan fingerprint density at radius 1 is 1.07 bits per heavy atom. The Bertz CT molecular complexity index is 1010. The number of ether oxygens (including phenoxy) is 1. The Labute approximate surface area is 174 Å². The highest BCUT2D eigenvalue weighted by atomic mass is 35.5. The van der Waals surface area contributed by atoms with Crippen LogP contribution in [0.25, 0.3) is 11.3 Å². The van der Waals surface area contributed by atoms with Crippen LogP contribution in [0.5, 0.6) is 5.75 Å². The largest absolute Gasteiger partial charge is 0.494 e. The minimum atomic E-state index is -0.199. The van der Waals surface area contributed by atoms with Crippen LogP contribution in [0.1, 0.15) is 19.8 Å². The number of nitrogens with one attached hydrogen (secondary N) is 1. The van der Waals surface area contributed by atoms with Crippen molar-refractivity contribution in [1.29, 1.82) is 0 Å². The zero-order chi connectivity index (χ0) is 20.6. The van der Waals surface area contributed by atoms with Crippen molar-refractivity contribution in [2.75, 3.05) is 11.9 Å². The van der Waals surface area contributed by atoms with Gasteiger partial charge in [-0.2, -0.15) is 5.10 Å². The minimum Gasteiger partial charge on any atom is -0.494 e. The van der Waals surface area contributed by atoms with Crippen molar-refractivity contribution in [2.24, 2.45) is 0 Å². The van der Waals surface area contributed by atoms with E-state index >= 15 is 0 Å². The predicted molar refractivity (Wildman–Crippen MR) is 114 cm³/mol. The second kappa shape index (κ2) is 9.89. The molecule has 6 nitrogen and oxygen atoms in total. The number of carbonyl (C=O) groups is 1. The molecule has 0 radical (unpaired) electrons. The van der Waals surface area contributed by atoms with Crippen molar-refractivity contribution in [3.8, 4) is 17.0 Å². The number of hydrogen-bond donors (Lipinski definition) is 1. The van der Waals surface area contributed by atoms with Crippen LogP contribution < -0.4 is 15.6 Å². The molecule has 7 heteroatoms. The van der Waals surface area contributed by atoms with Gasteiger partial charge in [0.25, 0.3) is 5.56 Å². The quantitative estimate of drug-likeness (QED) is 0.597. The van der Waals surface area contributed by atoms with Gasteiger partial charge < -0.3 is 10.1 Å². The van der Waals surface area contributed by atoms with E-state index in [1.54, 1.807) is 30.3 Å². The van der Waals surface area contributed by atoms with Crippen molar-refractivity contribution >= 4 is 23.2 Å². The maximum absolute atomic E-state index is 12.2. The molecule has 1 amide bonds. The van der Waals surface area contributed by atoms with E-state index in [2.05, 4.69) is 10.4 Å². The summed E-state index contributed by atoms with van der Waals surface area (Å²) < 4.78 is 6.76. The summed E-state index contributed by atoms with van der Waals surface area (Å²) >= 11 is 5.91. The number of carbonyl (C=O) groups excluding carboxylic acids is 1. The van der Waals surface area contributed by atoms with Gasteiger partial charge in [0.15, 0.2) is 0 Å². The molecule has 1 aromatic heterocycles. The number of aromatic nitrogens is 2. The first-order chi connectivity index (χ1) is 14.0. The van der Waals surface area contributed by atoms with Gasteiger partial charge in [0, 0.05) is 35.3 Å². The van der Waals surface area contributed by atoms with Crippen molar-refractivity contribution in [3.63, 3.8) is 0 Å². The van der Waals surface area contributed by atoms with Gasteiger partial charge in [-0.15, -0.1) is 0 Å². The van der Waals surface area contributed by atoms with Crippen LogP contribution in [0, 0.1) is 0 Å². The summed E-state index contributed by atoms with van der Waals surface area (Å²) in [6.45, 7) is 2.87. The molecule has 0 saturated carbocycles. The zero-order valence-electron chi connectivity index (χ0n) is 16.1. The van der Waals surface area contributed by atoms with Gasteiger partial charge in [-0.05, 0) is 55.8 Å². The van der Waals surface area contributed by atoms with Crippen molar-refractivity contribution in [2.45, 2.75) is 26.3 Å². The van der Waals surface area contributed by atoms with Crippen LogP contribution in [-0.4, -0.2) is 22.3 Å².